The van der Waals surface area contributed by atoms with E-state index < -0.39 is 0 Å². The third kappa shape index (κ3) is 2.63. The van der Waals surface area contributed by atoms with E-state index in [2.05, 4.69) is 6.07 Å². The van der Waals surface area contributed by atoms with Crippen LogP contribution in [0.25, 0.3) is 11.0 Å². The average molecular weight is 352 g/mol. The number of furan rings is 1. The maximum Gasteiger partial charge on any atom is 0.339 e. The first-order valence-electron chi connectivity index (χ1n) is 9.39. The van der Waals surface area contributed by atoms with Gasteiger partial charge in [-0.05, 0) is 55.5 Å². The zero-order chi connectivity index (χ0) is 17.5. The molecule has 0 fully saturated rings. The van der Waals surface area contributed by atoms with E-state index in [1.807, 2.05) is 18.2 Å². The van der Waals surface area contributed by atoms with Crippen LogP contribution in [0.2, 0.25) is 0 Å². The van der Waals surface area contributed by atoms with Crippen molar-refractivity contribution < 1.29 is 18.5 Å². The Morgan fingerprint density at radius 2 is 1.88 bits per heavy atom. The molecule has 0 saturated carbocycles. The van der Waals surface area contributed by atoms with Crippen molar-refractivity contribution in [3.63, 3.8) is 0 Å². The van der Waals surface area contributed by atoms with Gasteiger partial charge in [0.2, 0.25) is 6.73 Å². The second kappa shape index (κ2) is 6.32. The van der Waals surface area contributed by atoms with Crippen LogP contribution in [0, 0.1) is 0 Å². The summed E-state index contributed by atoms with van der Waals surface area (Å²) >= 11 is 0. The highest BCUT2D eigenvalue weighted by Gasteiger charge is 2.27. The molecule has 0 bridgehead atoms. The molecule has 3 heterocycles. The van der Waals surface area contributed by atoms with Gasteiger partial charge in [-0.15, -0.1) is 0 Å². The van der Waals surface area contributed by atoms with Gasteiger partial charge in [-0.25, -0.2) is 4.79 Å². The molecule has 134 valence electrons. The van der Waals surface area contributed by atoms with Crippen LogP contribution in [-0.4, -0.2) is 6.73 Å². The Hall–Kier alpha value is -2.53. The van der Waals surface area contributed by atoms with Crippen LogP contribution in [0.3, 0.4) is 0 Å². The molecule has 0 spiro atoms. The first-order chi connectivity index (χ1) is 12.8. The summed E-state index contributed by atoms with van der Waals surface area (Å²) in [5.74, 6) is 1.76. The SMILES string of the molecule is O=c1oc2c3c(ccc2c2c1CCCCC2)OC[NH+](Cc1ccco1)C3. The van der Waals surface area contributed by atoms with Crippen LogP contribution in [0.1, 0.15) is 41.7 Å². The molecule has 1 unspecified atom stereocenters. The number of quaternary nitrogens is 1. The van der Waals surface area contributed by atoms with Crippen LogP contribution in [0.15, 0.2) is 44.2 Å². The summed E-state index contributed by atoms with van der Waals surface area (Å²) in [5.41, 5.74) is 3.62. The molecular weight excluding hydrogens is 330 g/mol. The fraction of sp³-hybridized carbons (Fsp3) is 0.381. The van der Waals surface area contributed by atoms with E-state index in [0.717, 1.165) is 66.8 Å². The fourth-order valence-corrected chi connectivity index (χ4v) is 4.28. The minimum absolute atomic E-state index is 0.166. The molecule has 26 heavy (non-hydrogen) atoms. The van der Waals surface area contributed by atoms with Crippen molar-refractivity contribution in [3.05, 3.63) is 63.4 Å². The molecule has 0 saturated heterocycles. The lowest BCUT2D eigenvalue weighted by Crippen LogP contribution is -3.10. The molecule has 3 aromatic rings. The van der Waals surface area contributed by atoms with E-state index in [9.17, 15) is 4.79 Å². The molecule has 1 aliphatic carbocycles. The third-order valence-electron chi connectivity index (χ3n) is 5.56. The van der Waals surface area contributed by atoms with Crippen LogP contribution in [0.5, 0.6) is 5.75 Å². The molecule has 1 aromatic carbocycles. The molecule has 1 N–H and O–H groups in total. The number of hydrogen-bond donors (Lipinski definition) is 1. The lowest BCUT2D eigenvalue weighted by Gasteiger charge is -2.26. The fourth-order valence-electron chi connectivity index (χ4n) is 4.28. The van der Waals surface area contributed by atoms with E-state index in [1.165, 1.54) is 16.9 Å². The third-order valence-corrected chi connectivity index (χ3v) is 5.56. The van der Waals surface area contributed by atoms with Gasteiger partial charge >= 0.3 is 5.63 Å². The van der Waals surface area contributed by atoms with Crippen molar-refractivity contribution in [1.82, 2.24) is 0 Å². The van der Waals surface area contributed by atoms with Crippen molar-refractivity contribution in [2.24, 2.45) is 0 Å². The van der Waals surface area contributed by atoms with E-state index in [4.69, 9.17) is 13.6 Å². The summed E-state index contributed by atoms with van der Waals surface area (Å²) in [6.07, 6.45) is 6.85. The average Bonchev–Trinajstić information content (AvgIpc) is 3.03. The normalized spacial score (nSPS) is 19.5. The zero-order valence-electron chi connectivity index (χ0n) is 14.7. The highest BCUT2D eigenvalue weighted by molar-refractivity contribution is 5.86. The highest BCUT2D eigenvalue weighted by atomic mass is 16.5. The number of hydrogen-bond acceptors (Lipinski definition) is 4. The number of ether oxygens (including phenoxy) is 1. The summed E-state index contributed by atoms with van der Waals surface area (Å²) in [5, 5.41) is 1.09. The molecule has 1 atom stereocenters. The smallest absolute Gasteiger partial charge is 0.339 e. The van der Waals surface area contributed by atoms with Crippen LogP contribution >= 0.6 is 0 Å². The van der Waals surface area contributed by atoms with Gasteiger partial charge in [-0.3, -0.25) is 4.90 Å². The van der Waals surface area contributed by atoms with Gasteiger partial charge in [0.15, 0.2) is 11.3 Å². The van der Waals surface area contributed by atoms with Gasteiger partial charge in [0, 0.05) is 10.9 Å². The topological polar surface area (TPSA) is 57.0 Å². The predicted octanol–water partition coefficient (Wildman–Crippen LogP) is 2.59. The monoisotopic (exact) mass is 352 g/mol. The van der Waals surface area contributed by atoms with Gasteiger partial charge in [-0.1, -0.05) is 6.42 Å². The molecule has 2 aromatic heterocycles. The first kappa shape index (κ1) is 15.7. The van der Waals surface area contributed by atoms with E-state index in [1.54, 1.807) is 6.26 Å². The standard InChI is InChI=1S/C21H21NO4/c23-21-17-7-3-1-2-6-15(17)16-8-9-19-18(20(16)26-21)12-22(13-25-19)11-14-5-4-10-24-14/h4-5,8-10H,1-3,6-7,11-13H2/p+1. The molecule has 1 aliphatic heterocycles. The number of rotatable bonds is 2. The quantitative estimate of drug-likeness (QED) is 0.569. The molecule has 5 nitrogen and oxygen atoms in total. The van der Waals surface area contributed by atoms with Crippen LogP contribution < -0.4 is 15.3 Å². The number of aryl methyl sites for hydroxylation is 1. The Morgan fingerprint density at radius 1 is 1.00 bits per heavy atom. The second-order valence-electron chi connectivity index (χ2n) is 7.30. The predicted molar refractivity (Wildman–Crippen MR) is 96.3 cm³/mol. The van der Waals surface area contributed by atoms with Crippen LogP contribution in [0.4, 0.5) is 0 Å². The van der Waals surface area contributed by atoms with E-state index in [0.29, 0.717) is 12.3 Å². The molecular formula is C21H22NO4+. The summed E-state index contributed by atoms with van der Waals surface area (Å²) in [7, 11) is 0. The van der Waals surface area contributed by atoms with Crippen molar-refractivity contribution in [2.75, 3.05) is 6.73 Å². The lowest BCUT2D eigenvalue weighted by molar-refractivity contribution is -0.946. The van der Waals surface area contributed by atoms with Crippen molar-refractivity contribution >= 4 is 11.0 Å². The Bertz CT molecular complexity index is 1000. The minimum atomic E-state index is -0.166. The van der Waals surface area contributed by atoms with Gasteiger partial charge < -0.3 is 13.6 Å². The van der Waals surface area contributed by atoms with Gasteiger partial charge in [0.25, 0.3) is 0 Å². The molecule has 5 heteroatoms. The highest BCUT2D eigenvalue weighted by Crippen LogP contribution is 2.33. The summed E-state index contributed by atoms with van der Waals surface area (Å²) in [4.78, 5) is 13.9. The van der Waals surface area contributed by atoms with Gasteiger partial charge in [-0.2, -0.15) is 0 Å². The van der Waals surface area contributed by atoms with E-state index in [-0.39, 0.29) is 5.63 Å². The van der Waals surface area contributed by atoms with Crippen molar-refractivity contribution in [3.8, 4) is 5.75 Å². The summed E-state index contributed by atoms with van der Waals surface area (Å²) < 4.78 is 17.3. The lowest BCUT2D eigenvalue weighted by atomic mass is 9.98. The summed E-state index contributed by atoms with van der Waals surface area (Å²) in [6, 6.07) is 7.98. The van der Waals surface area contributed by atoms with Crippen LogP contribution in [-0.2, 0) is 25.9 Å². The maximum atomic E-state index is 12.6. The van der Waals surface area contributed by atoms with Crippen molar-refractivity contribution in [1.29, 1.82) is 0 Å². The van der Waals surface area contributed by atoms with E-state index >= 15 is 0 Å². The van der Waals surface area contributed by atoms with Gasteiger partial charge in [0.05, 0.1) is 11.8 Å². The Morgan fingerprint density at radius 3 is 2.73 bits per heavy atom. The Balaban J connectivity index is 1.59. The Kier molecular flexibility index (Phi) is 3.82. The second-order valence-corrected chi connectivity index (χ2v) is 7.30. The van der Waals surface area contributed by atoms with Gasteiger partial charge in [0.1, 0.15) is 18.8 Å². The molecule has 0 radical (unpaired) electrons. The molecule has 5 rings (SSSR count). The summed E-state index contributed by atoms with van der Waals surface area (Å²) in [6.45, 7) is 2.08. The minimum Gasteiger partial charge on any atom is -0.463 e. The number of benzene rings is 1. The number of fused-ring (bicyclic) bond motifs is 5. The molecule has 0 amide bonds. The number of nitrogens with one attached hydrogen (secondary N) is 1. The first-order valence-corrected chi connectivity index (χ1v) is 9.39. The zero-order valence-corrected chi connectivity index (χ0v) is 14.7. The Labute approximate surface area is 151 Å². The maximum absolute atomic E-state index is 12.6. The van der Waals surface area contributed by atoms with Crippen molar-refractivity contribution in [2.45, 2.75) is 45.2 Å². The largest absolute Gasteiger partial charge is 0.463 e. The molecule has 2 aliphatic rings.